The van der Waals surface area contributed by atoms with Crippen LogP contribution in [0.2, 0.25) is 0 Å². The second kappa shape index (κ2) is 18.0. The van der Waals surface area contributed by atoms with Crippen LogP contribution in [0.5, 0.6) is 0 Å². The minimum atomic E-state index is -0.263. The van der Waals surface area contributed by atoms with Gasteiger partial charge in [0.1, 0.15) is 13.2 Å². The van der Waals surface area contributed by atoms with Gasteiger partial charge in [-0.1, -0.05) is 72.1 Å². The number of ether oxygens (including phenoxy) is 2. The van der Waals surface area contributed by atoms with Gasteiger partial charge in [-0.3, -0.25) is 4.79 Å². The van der Waals surface area contributed by atoms with Crippen molar-refractivity contribution in [3.8, 4) is 0 Å². The second-order valence-electron chi connectivity index (χ2n) is 5.76. The molecule has 26 heavy (non-hydrogen) atoms. The van der Waals surface area contributed by atoms with Gasteiger partial charge >= 0.3 is 5.97 Å². The van der Waals surface area contributed by atoms with Gasteiger partial charge in [-0.25, -0.2) is 0 Å². The van der Waals surface area contributed by atoms with Crippen LogP contribution in [0.4, 0.5) is 0 Å². The zero-order valence-corrected chi connectivity index (χ0v) is 17.6. The van der Waals surface area contributed by atoms with Gasteiger partial charge < -0.3 is 14.4 Å². The van der Waals surface area contributed by atoms with E-state index >= 15 is 0 Å². The normalized spacial score (nSPS) is 14.0. The Labute approximate surface area is 161 Å². The molecule has 0 aromatic carbocycles. The van der Waals surface area contributed by atoms with Gasteiger partial charge in [-0.2, -0.15) is 0 Å². The van der Waals surface area contributed by atoms with E-state index < -0.39 is 0 Å². The van der Waals surface area contributed by atoms with E-state index in [9.17, 15) is 4.79 Å². The fourth-order valence-corrected chi connectivity index (χ4v) is 2.25. The number of allylic oxidation sites excluding steroid dienone is 3. The molecular formula is C22H39NO3. The molecule has 1 aliphatic rings. The van der Waals surface area contributed by atoms with E-state index in [1.54, 1.807) is 18.2 Å². The second-order valence-corrected chi connectivity index (χ2v) is 5.76. The smallest absolute Gasteiger partial charge is 0.325 e. The van der Waals surface area contributed by atoms with Gasteiger partial charge in [-0.05, 0) is 25.3 Å². The zero-order valence-electron chi connectivity index (χ0n) is 17.6. The summed E-state index contributed by atoms with van der Waals surface area (Å²) in [6, 6.07) is 0.298. The summed E-state index contributed by atoms with van der Waals surface area (Å²) >= 11 is 0. The predicted octanol–water partition coefficient (Wildman–Crippen LogP) is 5.29. The van der Waals surface area contributed by atoms with Crippen molar-refractivity contribution in [2.45, 2.75) is 59.9 Å². The maximum atomic E-state index is 12.0. The number of rotatable bonds is 8. The molecule has 0 amide bonds. The molecule has 0 aromatic rings. The molecule has 0 spiro atoms. The molecule has 1 aliphatic heterocycles. The van der Waals surface area contributed by atoms with Crippen molar-refractivity contribution in [2.24, 2.45) is 0 Å². The molecule has 0 aromatic heterocycles. The monoisotopic (exact) mass is 365 g/mol. The van der Waals surface area contributed by atoms with Crippen molar-refractivity contribution in [1.29, 1.82) is 0 Å². The molecule has 0 bridgehead atoms. The first kappa shape index (κ1) is 26.4. The highest BCUT2D eigenvalue weighted by atomic mass is 16.5. The Bertz CT molecular complexity index is 435. The average Bonchev–Trinajstić information content (AvgIpc) is 2.66. The maximum absolute atomic E-state index is 12.0. The summed E-state index contributed by atoms with van der Waals surface area (Å²) in [6.07, 6.45) is 8.15. The first-order chi connectivity index (χ1) is 12.5. The van der Waals surface area contributed by atoms with E-state index in [4.69, 9.17) is 9.47 Å². The van der Waals surface area contributed by atoms with Crippen LogP contribution in [0, 0.1) is 0 Å². The highest BCUT2D eigenvalue weighted by molar-refractivity contribution is 5.72. The summed E-state index contributed by atoms with van der Waals surface area (Å²) in [4.78, 5) is 14.0. The molecule has 0 aliphatic carbocycles. The topological polar surface area (TPSA) is 38.8 Å². The molecule has 0 radical (unpaired) electrons. The molecule has 0 unspecified atom stereocenters. The van der Waals surface area contributed by atoms with Crippen LogP contribution in [0.25, 0.3) is 0 Å². The highest BCUT2D eigenvalue weighted by Gasteiger charge is 2.23. The van der Waals surface area contributed by atoms with Crippen LogP contribution in [-0.4, -0.2) is 43.3 Å². The first-order valence-electron chi connectivity index (χ1n) is 9.59. The van der Waals surface area contributed by atoms with Gasteiger partial charge in [0.2, 0.25) is 0 Å². The summed E-state index contributed by atoms with van der Waals surface area (Å²) < 4.78 is 10.6. The Morgan fingerprint density at radius 2 is 1.77 bits per heavy atom. The highest BCUT2D eigenvalue weighted by Crippen LogP contribution is 2.18. The third-order valence-corrected chi connectivity index (χ3v) is 3.42. The number of hydrogen-bond acceptors (Lipinski definition) is 4. The largest absolute Gasteiger partial charge is 0.459 e. The lowest BCUT2D eigenvalue weighted by atomic mass is 10.1. The Kier molecular flexibility index (Phi) is 18.3. The lowest BCUT2D eigenvalue weighted by molar-refractivity contribution is -0.144. The van der Waals surface area contributed by atoms with Crippen molar-refractivity contribution in [3.63, 3.8) is 0 Å². The number of nitrogens with zero attached hydrogens (tertiary/aromatic N) is 1. The van der Waals surface area contributed by atoms with E-state index in [-0.39, 0.29) is 19.1 Å². The van der Waals surface area contributed by atoms with Crippen molar-refractivity contribution >= 4 is 5.97 Å². The van der Waals surface area contributed by atoms with E-state index in [1.807, 2.05) is 25.7 Å². The van der Waals surface area contributed by atoms with Crippen LogP contribution in [0.3, 0.4) is 0 Å². The quantitative estimate of drug-likeness (QED) is 0.433. The molecule has 150 valence electrons. The summed E-state index contributed by atoms with van der Waals surface area (Å²) in [6.45, 7) is 23.3. The lowest BCUT2D eigenvalue weighted by Gasteiger charge is -2.35. The number of carbonyl (C=O) groups is 1. The van der Waals surface area contributed by atoms with Gasteiger partial charge in [0.05, 0.1) is 0 Å². The van der Waals surface area contributed by atoms with E-state index in [0.717, 1.165) is 37.3 Å². The fourth-order valence-electron chi connectivity index (χ4n) is 2.25. The summed E-state index contributed by atoms with van der Waals surface area (Å²) in [5, 5.41) is 0. The Hall–Kier alpha value is -1.81. The average molecular weight is 366 g/mol. The number of carbonyl (C=O) groups excluding carboxylic acids is 1. The van der Waals surface area contributed by atoms with Crippen molar-refractivity contribution in [1.82, 2.24) is 4.90 Å². The standard InChI is InChI=1S/C17H25NO3.C3H8.C2H6/c1-5-7-15(6-2)13-21-17(19)12-18(14(3)4)16-8-10-20-11-9-16;1-3-2;1-2/h5-7,16H,1-3,8-13H2,4H3;3H2,1-2H3;1-2H3/b15-7+;;. The SMILES string of the molecule is C=C/C=C(\C=C)COC(=O)CN(C(=C)C)C1CCOCC1.CC.CCC. The third kappa shape index (κ3) is 12.5. The van der Waals surface area contributed by atoms with Crippen LogP contribution >= 0.6 is 0 Å². The Morgan fingerprint density at radius 3 is 2.19 bits per heavy atom. The maximum Gasteiger partial charge on any atom is 0.325 e. The summed E-state index contributed by atoms with van der Waals surface area (Å²) in [5.74, 6) is -0.263. The number of hydrogen-bond donors (Lipinski definition) is 0. The van der Waals surface area contributed by atoms with Crippen molar-refractivity contribution in [2.75, 3.05) is 26.4 Å². The molecule has 4 heteroatoms. The zero-order chi connectivity index (χ0) is 20.4. The lowest BCUT2D eigenvalue weighted by Crippen LogP contribution is -2.41. The van der Waals surface area contributed by atoms with Crippen LogP contribution in [0.15, 0.2) is 49.2 Å². The van der Waals surface area contributed by atoms with Crippen LogP contribution in [-0.2, 0) is 14.3 Å². The molecule has 0 saturated carbocycles. The molecule has 1 saturated heterocycles. The van der Waals surface area contributed by atoms with Crippen molar-refractivity contribution < 1.29 is 14.3 Å². The van der Waals surface area contributed by atoms with Gasteiger partial charge in [0.15, 0.2) is 0 Å². The van der Waals surface area contributed by atoms with Gasteiger partial charge in [-0.15, -0.1) is 0 Å². The van der Waals surface area contributed by atoms with E-state index in [1.165, 1.54) is 6.42 Å². The molecular weight excluding hydrogens is 326 g/mol. The molecule has 1 heterocycles. The number of esters is 1. The predicted molar refractivity (Wildman–Crippen MR) is 112 cm³/mol. The third-order valence-electron chi connectivity index (χ3n) is 3.42. The molecule has 1 rings (SSSR count). The van der Waals surface area contributed by atoms with Gasteiger partial charge in [0, 0.05) is 25.0 Å². The van der Waals surface area contributed by atoms with Crippen LogP contribution < -0.4 is 0 Å². The van der Waals surface area contributed by atoms with Gasteiger partial charge in [0.25, 0.3) is 0 Å². The molecule has 0 N–H and O–H groups in total. The van der Waals surface area contributed by atoms with E-state index in [0.29, 0.717) is 6.04 Å². The summed E-state index contributed by atoms with van der Waals surface area (Å²) in [5.41, 5.74) is 1.70. The fraction of sp³-hybridized carbons (Fsp3) is 0.591. The first-order valence-corrected chi connectivity index (χ1v) is 9.59. The minimum Gasteiger partial charge on any atom is -0.459 e. The molecule has 0 atom stereocenters. The Balaban J connectivity index is 0. The summed E-state index contributed by atoms with van der Waals surface area (Å²) in [7, 11) is 0. The molecule has 4 nitrogen and oxygen atoms in total. The Morgan fingerprint density at radius 1 is 1.23 bits per heavy atom. The van der Waals surface area contributed by atoms with Crippen LogP contribution in [0.1, 0.15) is 53.9 Å². The minimum absolute atomic E-state index is 0.214. The van der Waals surface area contributed by atoms with Crippen molar-refractivity contribution in [3.05, 3.63) is 49.2 Å². The van der Waals surface area contributed by atoms with E-state index in [2.05, 4.69) is 33.6 Å². The molecule has 1 fully saturated rings.